The summed E-state index contributed by atoms with van der Waals surface area (Å²) in [5.74, 6) is 0. The van der Waals surface area contributed by atoms with Crippen LogP contribution in [0.5, 0.6) is 0 Å². The van der Waals surface area contributed by atoms with Gasteiger partial charge < -0.3 is 9.73 Å². The van der Waals surface area contributed by atoms with Crippen molar-refractivity contribution in [2.45, 2.75) is 33.2 Å². The van der Waals surface area contributed by atoms with Crippen molar-refractivity contribution in [2.24, 2.45) is 0 Å². The summed E-state index contributed by atoms with van der Waals surface area (Å²) >= 11 is 0. The van der Waals surface area contributed by atoms with Crippen molar-refractivity contribution in [3.63, 3.8) is 0 Å². The maximum absolute atomic E-state index is 5.02. The van der Waals surface area contributed by atoms with Crippen molar-refractivity contribution in [1.82, 2.24) is 5.32 Å². The van der Waals surface area contributed by atoms with Gasteiger partial charge in [0, 0.05) is 11.6 Å². The molecule has 0 aliphatic rings. The van der Waals surface area contributed by atoms with Gasteiger partial charge in [0.05, 0.1) is 12.5 Å². The Morgan fingerprint density at radius 1 is 1.57 bits per heavy atom. The van der Waals surface area contributed by atoms with Crippen LogP contribution in [-0.4, -0.2) is 12.6 Å². The zero-order valence-corrected chi connectivity index (χ0v) is 9.21. The molecule has 14 heavy (non-hydrogen) atoms. The second-order valence-corrected chi connectivity index (χ2v) is 3.80. The van der Waals surface area contributed by atoms with Crippen molar-refractivity contribution in [3.05, 3.63) is 30.2 Å². The fourth-order valence-corrected chi connectivity index (χ4v) is 1.27. The van der Waals surface area contributed by atoms with E-state index < -0.39 is 0 Å². The highest BCUT2D eigenvalue weighted by atomic mass is 16.3. The largest absolute Gasteiger partial charge is 0.472 e. The van der Waals surface area contributed by atoms with Crippen molar-refractivity contribution in [3.8, 4) is 0 Å². The number of rotatable bonds is 5. The van der Waals surface area contributed by atoms with Gasteiger partial charge in [0.1, 0.15) is 0 Å². The monoisotopic (exact) mass is 193 g/mol. The first-order valence-electron chi connectivity index (χ1n) is 5.13. The van der Waals surface area contributed by atoms with E-state index in [0.29, 0.717) is 6.04 Å². The van der Waals surface area contributed by atoms with E-state index in [-0.39, 0.29) is 0 Å². The first-order valence-corrected chi connectivity index (χ1v) is 5.13. The van der Waals surface area contributed by atoms with Crippen LogP contribution in [0.2, 0.25) is 0 Å². The molecule has 1 heterocycles. The molecule has 1 rings (SSSR count). The minimum atomic E-state index is 0.567. The van der Waals surface area contributed by atoms with Crippen LogP contribution in [0.15, 0.2) is 29.1 Å². The Hall–Kier alpha value is -1.02. The quantitative estimate of drug-likeness (QED) is 0.727. The Kier molecular flexibility index (Phi) is 4.47. The lowest BCUT2D eigenvalue weighted by Gasteiger charge is -2.05. The zero-order chi connectivity index (χ0) is 10.4. The average molecular weight is 193 g/mol. The Morgan fingerprint density at radius 3 is 2.93 bits per heavy atom. The second kappa shape index (κ2) is 5.66. The highest BCUT2D eigenvalue weighted by Crippen LogP contribution is 2.13. The smallest absolute Gasteiger partial charge is 0.0977 e. The van der Waals surface area contributed by atoms with Gasteiger partial charge in [-0.1, -0.05) is 19.9 Å². The highest BCUT2D eigenvalue weighted by Gasteiger charge is 1.96. The number of hydrogen-bond donors (Lipinski definition) is 1. The summed E-state index contributed by atoms with van der Waals surface area (Å²) in [5, 5.41) is 3.38. The normalized spacial score (nSPS) is 12.4. The third-order valence-corrected chi connectivity index (χ3v) is 2.12. The number of nitrogens with one attached hydrogen (secondary N) is 1. The highest BCUT2D eigenvalue weighted by molar-refractivity contribution is 5.62. The molecule has 1 aromatic rings. The minimum Gasteiger partial charge on any atom is -0.472 e. The fraction of sp³-hybridized carbons (Fsp3) is 0.500. The van der Waals surface area contributed by atoms with Gasteiger partial charge in [-0.3, -0.25) is 0 Å². The van der Waals surface area contributed by atoms with Crippen LogP contribution in [0.3, 0.4) is 0 Å². The number of furan rings is 1. The summed E-state index contributed by atoms with van der Waals surface area (Å²) in [6.07, 6.45) is 6.79. The molecular formula is C12H19NO. The first kappa shape index (κ1) is 11.1. The summed E-state index contributed by atoms with van der Waals surface area (Å²) in [5.41, 5.74) is 2.46. The molecule has 0 atom stereocenters. The summed E-state index contributed by atoms with van der Waals surface area (Å²) in [4.78, 5) is 0. The molecule has 0 unspecified atom stereocenters. The van der Waals surface area contributed by atoms with Gasteiger partial charge in [-0.25, -0.2) is 0 Å². The number of hydrogen-bond acceptors (Lipinski definition) is 2. The van der Waals surface area contributed by atoms with Crippen LogP contribution >= 0.6 is 0 Å². The van der Waals surface area contributed by atoms with Gasteiger partial charge in [0.25, 0.3) is 0 Å². The molecule has 0 saturated carbocycles. The van der Waals surface area contributed by atoms with Gasteiger partial charge >= 0.3 is 0 Å². The molecule has 78 valence electrons. The van der Waals surface area contributed by atoms with Crippen LogP contribution in [-0.2, 0) is 0 Å². The molecule has 0 fully saturated rings. The summed E-state index contributed by atoms with van der Waals surface area (Å²) in [7, 11) is 0. The number of allylic oxidation sites excluding steroid dienone is 1. The maximum Gasteiger partial charge on any atom is 0.0977 e. The van der Waals surface area contributed by atoms with Crippen LogP contribution in [0.4, 0.5) is 0 Å². The molecule has 2 nitrogen and oxygen atoms in total. The Labute approximate surface area is 86.0 Å². The van der Waals surface area contributed by atoms with E-state index in [2.05, 4.69) is 32.2 Å². The van der Waals surface area contributed by atoms with E-state index in [9.17, 15) is 0 Å². The molecule has 0 saturated heterocycles. The van der Waals surface area contributed by atoms with Gasteiger partial charge in [-0.05, 0) is 31.5 Å². The van der Waals surface area contributed by atoms with E-state index in [1.807, 2.05) is 6.07 Å². The Bertz CT molecular complexity index is 273. The zero-order valence-electron chi connectivity index (χ0n) is 9.21. The Balaban J connectivity index is 2.31. The van der Waals surface area contributed by atoms with E-state index in [1.54, 1.807) is 12.5 Å². The van der Waals surface area contributed by atoms with Gasteiger partial charge in [0.15, 0.2) is 0 Å². The van der Waals surface area contributed by atoms with Crippen LogP contribution in [0.25, 0.3) is 5.57 Å². The lowest BCUT2D eigenvalue weighted by Crippen LogP contribution is -2.23. The molecule has 0 amide bonds. The molecule has 0 bridgehead atoms. The lowest BCUT2D eigenvalue weighted by atomic mass is 10.1. The van der Waals surface area contributed by atoms with Gasteiger partial charge in [-0.2, -0.15) is 0 Å². The van der Waals surface area contributed by atoms with Crippen LogP contribution in [0, 0.1) is 0 Å². The lowest BCUT2D eigenvalue weighted by molar-refractivity contribution is 0.566. The molecule has 1 aromatic heterocycles. The summed E-state index contributed by atoms with van der Waals surface area (Å²) < 4.78 is 5.02. The van der Waals surface area contributed by atoms with Crippen LogP contribution < -0.4 is 5.32 Å². The van der Waals surface area contributed by atoms with Gasteiger partial charge in [0.2, 0.25) is 0 Å². The predicted octanol–water partition coefficient (Wildman–Crippen LogP) is 3.07. The molecular weight excluding hydrogens is 174 g/mol. The predicted molar refractivity (Wildman–Crippen MR) is 60.1 cm³/mol. The molecule has 1 N–H and O–H groups in total. The fourth-order valence-electron chi connectivity index (χ4n) is 1.27. The third kappa shape index (κ3) is 3.79. The van der Waals surface area contributed by atoms with Crippen molar-refractivity contribution in [1.29, 1.82) is 0 Å². The van der Waals surface area contributed by atoms with E-state index in [4.69, 9.17) is 4.42 Å². The third-order valence-electron chi connectivity index (χ3n) is 2.12. The average Bonchev–Trinajstić information content (AvgIpc) is 2.64. The molecule has 2 heteroatoms. The SMILES string of the molecule is CC(=CCCNC(C)C)c1ccoc1. The molecule has 0 aliphatic heterocycles. The van der Waals surface area contributed by atoms with Crippen LogP contribution in [0.1, 0.15) is 32.8 Å². The first-order chi connectivity index (χ1) is 6.70. The second-order valence-electron chi connectivity index (χ2n) is 3.80. The molecule has 0 spiro atoms. The van der Waals surface area contributed by atoms with E-state index >= 15 is 0 Å². The topological polar surface area (TPSA) is 25.2 Å². The van der Waals surface area contributed by atoms with Crippen molar-refractivity contribution < 1.29 is 4.42 Å². The van der Waals surface area contributed by atoms with E-state index in [0.717, 1.165) is 13.0 Å². The standard InChI is InChI=1S/C12H19NO/c1-10(2)13-7-4-5-11(3)12-6-8-14-9-12/h5-6,8-10,13H,4,7H2,1-3H3. The minimum absolute atomic E-state index is 0.567. The molecule has 0 aromatic carbocycles. The Morgan fingerprint density at radius 2 is 2.36 bits per heavy atom. The van der Waals surface area contributed by atoms with Crippen molar-refractivity contribution >= 4 is 5.57 Å². The van der Waals surface area contributed by atoms with E-state index in [1.165, 1.54) is 11.1 Å². The maximum atomic E-state index is 5.02. The molecule has 0 aliphatic carbocycles. The summed E-state index contributed by atoms with van der Waals surface area (Å²) in [6, 6.07) is 2.56. The summed E-state index contributed by atoms with van der Waals surface area (Å²) in [6.45, 7) is 7.46. The molecule has 0 radical (unpaired) electrons. The van der Waals surface area contributed by atoms with Gasteiger partial charge in [-0.15, -0.1) is 0 Å². The van der Waals surface area contributed by atoms with Crippen molar-refractivity contribution in [2.75, 3.05) is 6.54 Å².